The molecule has 1 aliphatic heterocycles. The molecule has 1 aliphatic rings. The lowest BCUT2D eigenvalue weighted by Gasteiger charge is -2.38. The Kier molecular flexibility index (Phi) is 4.32. The first kappa shape index (κ1) is 17.1. The predicted octanol–water partition coefficient (Wildman–Crippen LogP) is 2.72. The molecule has 0 aliphatic carbocycles. The van der Waals surface area contributed by atoms with Crippen LogP contribution < -0.4 is 10.1 Å². The third-order valence-electron chi connectivity index (χ3n) is 4.80. The van der Waals surface area contributed by atoms with E-state index in [1.807, 2.05) is 67.2 Å². The number of nitrogens with zero attached hydrogens (tertiary/aromatic N) is 2. The van der Waals surface area contributed by atoms with Crippen molar-refractivity contribution in [2.24, 2.45) is 7.05 Å². The standard InChI is InChI=1S/C21H21N3O3/c1-14-3-6-17(7-4-14)27-18-12-24(13-18)21(26)20(25)22-16-5-8-19-15(11-16)9-10-23(19)2/h3-11,18H,12-13H2,1-2H3,(H,22,25). The molecule has 0 atom stereocenters. The summed E-state index contributed by atoms with van der Waals surface area (Å²) in [4.78, 5) is 26.0. The van der Waals surface area contributed by atoms with Crippen molar-refractivity contribution in [3.05, 3.63) is 60.3 Å². The van der Waals surface area contributed by atoms with Gasteiger partial charge in [-0.05, 0) is 43.3 Å². The van der Waals surface area contributed by atoms with E-state index in [9.17, 15) is 9.59 Å². The first-order valence-electron chi connectivity index (χ1n) is 8.88. The van der Waals surface area contributed by atoms with Crippen molar-refractivity contribution in [1.82, 2.24) is 9.47 Å². The van der Waals surface area contributed by atoms with Gasteiger partial charge in [-0.25, -0.2) is 0 Å². The lowest BCUT2D eigenvalue weighted by Crippen LogP contribution is -2.58. The zero-order chi connectivity index (χ0) is 19.0. The Hall–Kier alpha value is -3.28. The molecule has 6 nitrogen and oxygen atoms in total. The second kappa shape index (κ2) is 6.79. The minimum absolute atomic E-state index is 0.0786. The number of ether oxygens (including phenoxy) is 1. The Bertz CT molecular complexity index is 1000. The summed E-state index contributed by atoms with van der Waals surface area (Å²) in [5.41, 5.74) is 2.84. The van der Waals surface area contributed by atoms with Gasteiger partial charge in [0.1, 0.15) is 11.9 Å². The zero-order valence-electron chi connectivity index (χ0n) is 15.3. The topological polar surface area (TPSA) is 63.6 Å². The van der Waals surface area contributed by atoms with Crippen molar-refractivity contribution in [2.75, 3.05) is 18.4 Å². The minimum Gasteiger partial charge on any atom is -0.487 e. The van der Waals surface area contributed by atoms with Gasteiger partial charge in [0, 0.05) is 29.8 Å². The largest absolute Gasteiger partial charge is 0.487 e. The summed E-state index contributed by atoms with van der Waals surface area (Å²) < 4.78 is 7.81. The van der Waals surface area contributed by atoms with Crippen LogP contribution in [0.3, 0.4) is 0 Å². The molecule has 2 aromatic carbocycles. The smallest absolute Gasteiger partial charge is 0.313 e. The Morgan fingerprint density at radius 1 is 1.07 bits per heavy atom. The van der Waals surface area contributed by atoms with Crippen LogP contribution >= 0.6 is 0 Å². The highest BCUT2D eigenvalue weighted by atomic mass is 16.5. The monoisotopic (exact) mass is 363 g/mol. The van der Waals surface area contributed by atoms with E-state index in [-0.39, 0.29) is 6.10 Å². The van der Waals surface area contributed by atoms with E-state index < -0.39 is 11.8 Å². The fourth-order valence-corrected chi connectivity index (χ4v) is 3.18. The number of amides is 2. The van der Waals surface area contributed by atoms with Crippen LogP contribution in [0.5, 0.6) is 5.75 Å². The number of aromatic nitrogens is 1. The van der Waals surface area contributed by atoms with Gasteiger partial charge >= 0.3 is 11.8 Å². The summed E-state index contributed by atoms with van der Waals surface area (Å²) in [6, 6.07) is 15.3. The lowest BCUT2D eigenvalue weighted by molar-refractivity contribution is -0.149. The number of hydrogen-bond acceptors (Lipinski definition) is 3. The van der Waals surface area contributed by atoms with Crippen LogP contribution in [0.15, 0.2) is 54.7 Å². The molecular weight excluding hydrogens is 342 g/mol. The molecule has 4 rings (SSSR count). The third kappa shape index (κ3) is 3.51. The first-order chi connectivity index (χ1) is 13.0. The summed E-state index contributed by atoms with van der Waals surface area (Å²) in [6.45, 7) is 2.84. The van der Waals surface area contributed by atoms with E-state index in [1.54, 1.807) is 6.07 Å². The van der Waals surface area contributed by atoms with Crippen LogP contribution in [-0.2, 0) is 16.6 Å². The average molecular weight is 363 g/mol. The maximum atomic E-state index is 12.3. The lowest BCUT2D eigenvalue weighted by atomic mass is 10.1. The molecule has 1 N–H and O–H groups in total. The number of carbonyl (C=O) groups excluding carboxylic acids is 2. The molecule has 1 saturated heterocycles. The maximum absolute atomic E-state index is 12.3. The molecule has 1 fully saturated rings. The number of nitrogens with one attached hydrogen (secondary N) is 1. The van der Waals surface area contributed by atoms with E-state index in [0.717, 1.165) is 22.2 Å². The Labute approximate surface area is 157 Å². The number of aryl methyl sites for hydroxylation is 2. The van der Waals surface area contributed by atoms with E-state index in [0.29, 0.717) is 18.8 Å². The third-order valence-corrected chi connectivity index (χ3v) is 4.80. The quantitative estimate of drug-likeness (QED) is 0.728. The molecule has 2 heterocycles. The molecule has 0 saturated carbocycles. The Morgan fingerprint density at radius 2 is 1.81 bits per heavy atom. The van der Waals surface area contributed by atoms with E-state index in [1.165, 1.54) is 4.90 Å². The molecule has 138 valence electrons. The molecule has 0 spiro atoms. The molecule has 3 aromatic rings. The number of hydrogen-bond donors (Lipinski definition) is 1. The van der Waals surface area contributed by atoms with Gasteiger partial charge in [-0.3, -0.25) is 9.59 Å². The molecule has 0 unspecified atom stereocenters. The van der Waals surface area contributed by atoms with E-state index in [4.69, 9.17) is 4.74 Å². The van der Waals surface area contributed by atoms with Gasteiger partial charge in [-0.2, -0.15) is 0 Å². The molecule has 2 amide bonds. The van der Waals surface area contributed by atoms with Gasteiger partial charge < -0.3 is 19.5 Å². The summed E-state index contributed by atoms with van der Waals surface area (Å²) in [7, 11) is 1.96. The van der Waals surface area contributed by atoms with Gasteiger partial charge in [-0.1, -0.05) is 17.7 Å². The van der Waals surface area contributed by atoms with Crippen molar-refractivity contribution < 1.29 is 14.3 Å². The molecule has 1 aromatic heterocycles. The summed E-state index contributed by atoms with van der Waals surface area (Å²) in [5, 5.41) is 3.70. The van der Waals surface area contributed by atoms with E-state index in [2.05, 4.69) is 5.32 Å². The van der Waals surface area contributed by atoms with Crippen molar-refractivity contribution in [3.8, 4) is 5.75 Å². The van der Waals surface area contributed by atoms with E-state index >= 15 is 0 Å². The fraction of sp³-hybridized carbons (Fsp3) is 0.238. The van der Waals surface area contributed by atoms with Gasteiger partial charge in [-0.15, -0.1) is 0 Å². The second-order valence-corrected chi connectivity index (χ2v) is 6.92. The molecule has 6 heteroatoms. The molecule has 0 radical (unpaired) electrons. The number of benzene rings is 2. The first-order valence-corrected chi connectivity index (χ1v) is 8.88. The molecule has 27 heavy (non-hydrogen) atoms. The highest BCUT2D eigenvalue weighted by Gasteiger charge is 2.35. The fourth-order valence-electron chi connectivity index (χ4n) is 3.18. The average Bonchev–Trinajstić information content (AvgIpc) is 2.99. The van der Waals surface area contributed by atoms with Crippen molar-refractivity contribution in [3.63, 3.8) is 0 Å². The van der Waals surface area contributed by atoms with Crippen LogP contribution in [0.25, 0.3) is 10.9 Å². The summed E-state index contributed by atoms with van der Waals surface area (Å²) in [5.74, 6) is -0.385. The van der Waals surface area contributed by atoms with Crippen LogP contribution in [-0.4, -0.2) is 40.5 Å². The predicted molar refractivity (Wildman–Crippen MR) is 104 cm³/mol. The normalized spacial score (nSPS) is 14.1. The molecule has 0 bridgehead atoms. The molecular formula is C21H21N3O3. The number of likely N-dealkylation sites (tertiary alicyclic amines) is 1. The van der Waals surface area contributed by atoms with Crippen molar-refractivity contribution >= 4 is 28.4 Å². The van der Waals surface area contributed by atoms with Gasteiger partial charge in [0.15, 0.2) is 0 Å². The number of anilines is 1. The minimum atomic E-state index is -0.626. The second-order valence-electron chi connectivity index (χ2n) is 6.92. The van der Waals surface area contributed by atoms with Crippen LogP contribution in [0.4, 0.5) is 5.69 Å². The highest BCUT2D eigenvalue weighted by Crippen LogP contribution is 2.21. The summed E-state index contributed by atoms with van der Waals surface area (Å²) >= 11 is 0. The van der Waals surface area contributed by atoms with Gasteiger partial charge in [0.25, 0.3) is 0 Å². The summed E-state index contributed by atoms with van der Waals surface area (Å²) in [6.07, 6.45) is 1.88. The number of fused-ring (bicyclic) bond motifs is 1. The van der Waals surface area contributed by atoms with Crippen molar-refractivity contribution in [2.45, 2.75) is 13.0 Å². The van der Waals surface area contributed by atoms with Crippen molar-refractivity contribution in [1.29, 1.82) is 0 Å². The number of carbonyl (C=O) groups is 2. The maximum Gasteiger partial charge on any atom is 0.313 e. The zero-order valence-corrected chi connectivity index (χ0v) is 15.3. The Balaban J connectivity index is 1.31. The number of rotatable bonds is 3. The van der Waals surface area contributed by atoms with Gasteiger partial charge in [0.2, 0.25) is 0 Å². The van der Waals surface area contributed by atoms with Crippen LogP contribution in [0.2, 0.25) is 0 Å². The Morgan fingerprint density at radius 3 is 2.56 bits per heavy atom. The SMILES string of the molecule is Cc1ccc(OC2CN(C(=O)C(=O)Nc3ccc4c(ccn4C)c3)C2)cc1. The van der Waals surface area contributed by atoms with Crippen LogP contribution in [0.1, 0.15) is 5.56 Å². The van der Waals surface area contributed by atoms with Crippen LogP contribution in [0, 0.1) is 6.92 Å². The highest BCUT2D eigenvalue weighted by molar-refractivity contribution is 6.39. The van der Waals surface area contributed by atoms with Gasteiger partial charge in [0.05, 0.1) is 13.1 Å².